The number of hydrogen-bond acceptors (Lipinski definition) is 3. The van der Waals surface area contributed by atoms with Crippen LogP contribution >= 0.6 is 0 Å². The van der Waals surface area contributed by atoms with E-state index in [9.17, 15) is 4.79 Å². The fraction of sp³-hybridized carbons (Fsp3) is 0.200. The van der Waals surface area contributed by atoms with Crippen molar-refractivity contribution < 1.29 is 4.74 Å². The molecule has 1 aromatic rings. The van der Waals surface area contributed by atoms with E-state index < -0.39 is 0 Å². The summed E-state index contributed by atoms with van der Waals surface area (Å²) in [6.45, 7) is 0.230. The van der Waals surface area contributed by atoms with Crippen molar-refractivity contribution in [3.63, 3.8) is 0 Å². The Morgan fingerprint density at radius 2 is 2.21 bits per heavy atom. The van der Waals surface area contributed by atoms with E-state index in [0.29, 0.717) is 0 Å². The van der Waals surface area contributed by atoms with Gasteiger partial charge in [-0.15, -0.1) is 17.9 Å². The molecule has 0 fully saturated rings. The third-order valence-corrected chi connectivity index (χ3v) is 1.39. The third kappa shape index (κ3) is 2.40. The summed E-state index contributed by atoms with van der Waals surface area (Å²) in [7, 11) is 0. The van der Waals surface area contributed by atoms with Gasteiger partial charge in [-0.2, -0.15) is 0 Å². The fourth-order valence-corrected chi connectivity index (χ4v) is 0.823. The van der Waals surface area contributed by atoms with Gasteiger partial charge >= 0.3 is 0 Å². The van der Waals surface area contributed by atoms with E-state index in [1.807, 2.05) is 0 Å². The van der Waals surface area contributed by atoms with E-state index in [4.69, 9.17) is 17.6 Å². The van der Waals surface area contributed by atoms with Gasteiger partial charge in [-0.3, -0.25) is 4.79 Å². The lowest BCUT2D eigenvalue weighted by Crippen LogP contribution is -2.21. The number of ether oxygens (including phenoxy) is 1. The van der Waals surface area contributed by atoms with Crippen molar-refractivity contribution in [2.24, 2.45) is 0 Å². The summed E-state index contributed by atoms with van der Waals surface area (Å²) in [5.74, 6) is 4.89. The predicted molar refractivity (Wildman–Crippen MR) is 51.7 cm³/mol. The minimum atomic E-state index is -0.268. The van der Waals surface area contributed by atoms with Crippen molar-refractivity contribution in [2.75, 3.05) is 6.61 Å². The van der Waals surface area contributed by atoms with Gasteiger partial charge in [0, 0.05) is 12.1 Å². The van der Waals surface area contributed by atoms with Crippen LogP contribution in [0.3, 0.4) is 0 Å². The van der Waals surface area contributed by atoms with Gasteiger partial charge in [-0.1, -0.05) is 11.8 Å². The first-order valence-electron chi connectivity index (χ1n) is 3.86. The van der Waals surface area contributed by atoms with Crippen LogP contribution in [0.15, 0.2) is 16.9 Å². The molecule has 14 heavy (non-hydrogen) atoms. The molecular weight excluding hydrogens is 180 g/mol. The van der Waals surface area contributed by atoms with Crippen molar-refractivity contribution in [3.05, 3.63) is 22.5 Å². The lowest BCUT2D eigenvalue weighted by molar-refractivity contribution is 0.341. The molecule has 0 amide bonds. The second-order valence-electron chi connectivity index (χ2n) is 2.36. The molecular formula is C10H8N2O2. The van der Waals surface area contributed by atoms with Crippen LogP contribution in [0.25, 0.3) is 0 Å². The minimum Gasteiger partial charge on any atom is -0.463 e. The Morgan fingerprint density at radius 3 is 2.86 bits per heavy atom. The topological polar surface area (TPSA) is 44.1 Å². The van der Waals surface area contributed by atoms with Crippen LogP contribution in [0, 0.1) is 24.7 Å². The number of terminal acetylenes is 2. The largest absolute Gasteiger partial charge is 0.463 e. The van der Waals surface area contributed by atoms with Gasteiger partial charge in [0.2, 0.25) is 5.88 Å². The van der Waals surface area contributed by atoms with Gasteiger partial charge < -0.3 is 4.74 Å². The van der Waals surface area contributed by atoms with Crippen LogP contribution < -0.4 is 10.3 Å². The van der Waals surface area contributed by atoms with E-state index in [2.05, 4.69) is 16.9 Å². The maximum Gasteiger partial charge on any atom is 0.267 e. The average molecular weight is 188 g/mol. The average Bonchev–Trinajstić information content (AvgIpc) is 2.19. The summed E-state index contributed by atoms with van der Waals surface area (Å²) in [6, 6.07) is 2.78. The first-order valence-corrected chi connectivity index (χ1v) is 3.86. The van der Waals surface area contributed by atoms with Crippen LogP contribution in [0.1, 0.15) is 0 Å². The van der Waals surface area contributed by atoms with Crippen LogP contribution in [-0.4, -0.2) is 16.4 Å². The Morgan fingerprint density at radius 1 is 1.43 bits per heavy atom. The molecule has 0 unspecified atom stereocenters. The van der Waals surface area contributed by atoms with Crippen LogP contribution in [0.2, 0.25) is 0 Å². The highest BCUT2D eigenvalue weighted by Crippen LogP contribution is 2.00. The van der Waals surface area contributed by atoms with Gasteiger partial charge in [0.1, 0.15) is 6.54 Å². The van der Waals surface area contributed by atoms with Gasteiger partial charge in [-0.25, -0.2) is 4.68 Å². The van der Waals surface area contributed by atoms with E-state index in [-0.39, 0.29) is 24.6 Å². The van der Waals surface area contributed by atoms with Crippen molar-refractivity contribution >= 4 is 0 Å². The van der Waals surface area contributed by atoms with E-state index >= 15 is 0 Å². The fourth-order valence-electron chi connectivity index (χ4n) is 0.823. The number of nitrogens with zero attached hydrogens (tertiary/aromatic N) is 2. The molecule has 4 nitrogen and oxygen atoms in total. The van der Waals surface area contributed by atoms with E-state index in [1.165, 1.54) is 12.1 Å². The van der Waals surface area contributed by atoms with Crippen LogP contribution in [0.5, 0.6) is 5.88 Å². The standard InChI is InChI=1S/C10H8N2O2/c1-3-7-12-10(13)6-5-9(11-12)14-8-4-2/h1-2,5-6H,7-8H2. The molecule has 0 saturated heterocycles. The van der Waals surface area contributed by atoms with Crippen molar-refractivity contribution in [3.8, 4) is 30.6 Å². The SMILES string of the molecule is C#CCOc1ccc(=O)n(CC#C)n1. The second-order valence-corrected chi connectivity index (χ2v) is 2.36. The Balaban J connectivity index is 2.91. The summed E-state index contributed by atoms with van der Waals surface area (Å²) in [5.41, 5.74) is -0.268. The Hall–Kier alpha value is -2.20. The van der Waals surface area contributed by atoms with Gasteiger partial charge in [0.05, 0.1) is 0 Å². The van der Waals surface area contributed by atoms with Crippen molar-refractivity contribution in [1.82, 2.24) is 9.78 Å². The summed E-state index contributed by atoms with van der Waals surface area (Å²) in [4.78, 5) is 11.1. The zero-order chi connectivity index (χ0) is 10.4. The maximum atomic E-state index is 11.1. The molecule has 0 spiro atoms. The minimum absolute atomic E-state index is 0.112. The maximum absolute atomic E-state index is 11.1. The number of hydrogen-bond donors (Lipinski definition) is 0. The van der Waals surface area contributed by atoms with Gasteiger partial charge in [0.25, 0.3) is 5.56 Å². The quantitative estimate of drug-likeness (QED) is 0.621. The molecule has 0 aromatic carbocycles. The molecule has 1 aromatic heterocycles. The molecule has 0 atom stereocenters. The molecule has 0 aliphatic heterocycles. The summed E-state index contributed by atoms with van der Waals surface area (Å²) in [6.07, 6.45) is 10.1. The Kier molecular flexibility index (Phi) is 3.34. The molecule has 1 heterocycles. The highest BCUT2D eigenvalue weighted by molar-refractivity contribution is 5.08. The molecule has 0 bridgehead atoms. The lowest BCUT2D eigenvalue weighted by atomic mass is 10.5. The van der Waals surface area contributed by atoms with E-state index in [1.54, 1.807) is 0 Å². The predicted octanol–water partition coefficient (Wildman–Crippen LogP) is -0.111. The zero-order valence-electron chi connectivity index (χ0n) is 7.43. The molecule has 0 aliphatic rings. The third-order valence-electron chi connectivity index (χ3n) is 1.39. The first-order chi connectivity index (χ1) is 6.77. The normalized spacial score (nSPS) is 8.71. The summed E-state index contributed by atoms with van der Waals surface area (Å²) < 4.78 is 6.15. The zero-order valence-corrected chi connectivity index (χ0v) is 7.43. The molecule has 0 N–H and O–H groups in total. The molecule has 0 saturated carbocycles. The van der Waals surface area contributed by atoms with Crippen LogP contribution in [0.4, 0.5) is 0 Å². The Bertz CT molecular complexity index is 448. The van der Waals surface area contributed by atoms with Crippen LogP contribution in [-0.2, 0) is 6.54 Å². The number of rotatable bonds is 3. The molecule has 1 rings (SSSR count). The highest BCUT2D eigenvalue weighted by atomic mass is 16.5. The highest BCUT2D eigenvalue weighted by Gasteiger charge is 1.98. The smallest absolute Gasteiger partial charge is 0.267 e. The van der Waals surface area contributed by atoms with Crippen molar-refractivity contribution in [2.45, 2.75) is 6.54 Å². The summed E-state index contributed by atoms with van der Waals surface area (Å²) in [5, 5.41) is 3.84. The monoisotopic (exact) mass is 188 g/mol. The van der Waals surface area contributed by atoms with Gasteiger partial charge in [-0.05, 0) is 0 Å². The van der Waals surface area contributed by atoms with Gasteiger partial charge in [0.15, 0.2) is 6.61 Å². The molecule has 70 valence electrons. The molecule has 0 aliphatic carbocycles. The molecule has 0 radical (unpaired) electrons. The Labute approximate surface area is 81.5 Å². The second kappa shape index (κ2) is 4.74. The van der Waals surface area contributed by atoms with Crippen molar-refractivity contribution in [1.29, 1.82) is 0 Å². The molecule has 4 heteroatoms. The van der Waals surface area contributed by atoms with E-state index in [0.717, 1.165) is 4.68 Å². The lowest BCUT2D eigenvalue weighted by Gasteiger charge is -2.03. The number of aromatic nitrogens is 2. The first kappa shape index (κ1) is 9.88. The summed E-state index contributed by atoms with van der Waals surface area (Å²) >= 11 is 0.